The summed E-state index contributed by atoms with van der Waals surface area (Å²) in [6, 6.07) is 10.2. The van der Waals surface area contributed by atoms with Gasteiger partial charge in [0, 0.05) is 19.2 Å². The fraction of sp³-hybridized carbons (Fsp3) is 0.300. The topological polar surface area (TPSA) is 108 Å². The number of carbonyl (C=O) groups excluding carboxylic acids is 2. The maximum absolute atomic E-state index is 12.8. The number of amides is 1. The molecular weight excluding hydrogens is 380 g/mol. The minimum atomic E-state index is -1.09. The predicted octanol–water partition coefficient (Wildman–Crippen LogP) is 2.45. The largest absolute Gasteiger partial charge is 0.454 e. The van der Waals surface area contributed by atoms with Gasteiger partial charge >= 0.3 is 5.97 Å². The van der Waals surface area contributed by atoms with Crippen LogP contribution in [0, 0.1) is 10.1 Å². The Morgan fingerprint density at radius 2 is 1.86 bits per heavy atom. The summed E-state index contributed by atoms with van der Waals surface area (Å²) in [5.74, 6) is -0.914. The Balaban J connectivity index is 1.49. The van der Waals surface area contributed by atoms with Gasteiger partial charge in [-0.25, -0.2) is 4.79 Å². The Labute approximate surface area is 165 Å². The predicted molar refractivity (Wildman–Crippen MR) is 99.7 cm³/mol. The Kier molecular flexibility index (Phi) is 4.79. The second kappa shape index (κ2) is 7.42. The molecule has 0 bridgehead atoms. The molecule has 2 heterocycles. The number of carbonyl (C=O) groups is 2. The highest BCUT2D eigenvalue weighted by Crippen LogP contribution is 2.38. The lowest BCUT2D eigenvalue weighted by atomic mass is 9.99. The summed E-state index contributed by atoms with van der Waals surface area (Å²) in [5, 5.41) is 11.3. The van der Waals surface area contributed by atoms with Crippen molar-refractivity contribution in [1.82, 2.24) is 4.90 Å². The fourth-order valence-corrected chi connectivity index (χ4v) is 3.46. The monoisotopic (exact) mass is 398 g/mol. The average molecular weight is 398 g/mol. The minimum absolute atomic E-state index is 0.0870. The standard InChI is InChI=1S/C20H18N2O7/c1-12(19(23)21-7-6-13-4-2-3-5-14(13)10-21)29-20(24)15-8-17-18(28-11-27-17)9-16(15)22(25)26/h2-5,8-9,12H,6-7,10-11H2,1H3. The molecule has 0 saturated heterocycles. The van der Waals surface area contributed by atoms with Crippen molar-refractivity contribution in [2.45, 2.75) is 26.0 Å². The number of hydrogen-bond donors (Lipinski definition) is 0. The number of hydrogen-bond acceptors (Lipinski definition) is 7. The molecule has 2 aliphatic rings. The van der Waals surface area contributed by atoms with Crippen LogP contribution in [0.3, 0.4) is 0 Å². The van der Waals surface area contributed by atoms with Crippen LogP contribution in [-0.4, -0.2) is 41.1 Å². The van der Waals surface area contributed by atoms with Gasteiger partial charge in [-0.15, -0.1) is 0 Å². The average Bonchev–Trinajstić information content (AvgIpc) is 3.19. The summed E-state index contributed by atoms with van der Waals surface area (Å²) in [4.78, 5) is 37.6. The zero-order chi connectivity index (χ0) is 20.5. The number of nitro groups is 1. The lowest BCUT2D eigenvalue weighted by Crippen LogP contribution is -2.42. The smallest absolute Gasteiger partial charge is 0.346 e. The zero-order valence-electron chi connectivity index (χ0n) is 15.6. The van der Waals surface area contributed by atoms with Crippen LogP contribution in [0.15, 0.2) is 36.4 Å². The molecule has 0 radical (unpaired) electrons. The number of nitro benzene ring substituents is 1. The molecule has 0 fully saturated rings. The Hall–Kier alpha value is -3.62. The number of fused-ring (bicyclic) bond motifs is 2. The first-order valence-corrected chi connectivity index (χ1v) is 9.08. The highest BCUT2D eigenvalue weighted by atomic mass is 16.7. The summed E-state index contributed by atoms with van der Waals surface area (Å²) >= 11 is 0. The van der Waals surface area contributed by atoms with Crippen LogP contribution in [-0.2, 0) is 22.5 Å². The van der Waals surface area contributed by atoms with Crippen LogP contribution < -0.4 is 9.47 Å². The molecular formula is C20H18N2O7. The van der Waals surface area contributed by atoms with Crippen molar-refractivity contribution in [2.75, 3.05) is 13.3 Å². The molecule has 0 aliphatic carbocycles. The Bertz CT molecular complexity index is 1000. The number of nitrogens with zero attached hydrogens (tertiary/aromatic N) is 2. The van der Waals surface area contributed by atoms with E-state index in [0.29, 0.717) is 13.1 Å². The van der Waals surface area contributed by atoms with E-state index in [9.17, 15) is 19.7 Å². The molecule has 0 saturated carbocycles. The van der Waals surface area contributed by atoms with Crippen LogP contribution in [0.5, 0.6) is 11.5 Å². The van der Waals surface area contributed by atoms with Gasteiger partial charge in [-0.3, -0.25) is 14.9 Å². The number of rotatable bonds is 4. The first kappa shape index (κ1) is 18.7. The molecule has 9 heteroatoms. The molecule has 1 unspecified atom stereocenters. The van der Waals surface area contributed by atoms with Gasteiger partial charge in [-0.1, -0.05) is 24.3 Å². The van der Waals surface area contributed by atoms with Crippen molar-refractivity contribution in [3.63, 3.8) is 0 Å². The SMILES string of the molecule is CC(OC(=O)c1cc2c(cc1[N+](=O)[O-])OCO2)C(=O)N1CCc2ccccc2C1. The fourth-order valence-electron chi connectivity index (χ4n) is 3.46. The van der Waals surface area contributed by atoms with Gasteiger partial charge in [-0.05, 0) is 24.5 Å². The van der Waals surface area contributed by atoms with E-state index in [1.54, 1.807) is 4.90 Å². The summed E-state index contributed by atoms with van der Waals surface area (Å²) in [6.07, 6.45) is -0.367. The molecule has 9 nitrogen and oxygen atoms in total. The molecule has 150 valence electrons. The first-order chi connectivity index (χ1) is 13.9. The second-order valence-corrected chi connectivity index (χ2v) is 6.81. The van der Waals surface area contributed by atoms with E-state index in [0.717, 1.165) is 18.1 Å². The first-order valence-electron chi connectivity index (χ1n) is 9.08. The van der Waals surface area contributed by atoms with Crippen LogP contribution in [0.1, 0.15) is 28.4 Å². The second-order valence-electron chi connectivity index (χ2n) is 6.81. The Morgan fingerprint density at radius 3 is 2.59 bits per heavy atom. The minimum Gasteiger partial charge on any atom is -0.454 e. The molecule has 2 aromatic rings. The lowest BCUT2D eigenvalue weighted by Gasteiger charge is -2.30. The molecule has 0 aromatic heterocycles. The molecule has 1 amide bonds. The van der Waals surface area contributed by atoms with Crippen LogP contribution >= 0.6 is 0 Å². The van der Waals surface area contributed by atoms with E-state index in [1.165, 1.54) is 18.6 Å². The molecule has 29 heavy (non-hydrogen) atoms. The normalized spacial score (nSPS) is 15.4. The van der Waals surface area contributed by atoms with Gasteiger partial charge in [0.15, 0.2) is 17.6 Å². The van der Waals surface area contributed by atoms with E-state index in [2.05, 4.69) is 0 Å². The molecule has 4 rings (SSSR count). The highest BCUT2D eigenvalue weighted by Gasteiger charge is 2.32. The number of esters is 1. The van der Waals surface area contributed by atoms with Crippen molar-refractivity contribution in [3.8, 4) is 11.5 Å². The third kappa shape index (κ3) is 3.58. The summed E-state index contributed by atoms with van der Waals surface area (Å²) in [6.45, 7) is 2.32. The van der Waals surface area contributed by atoms with Gasteiger partial charge in [-0.2, -0.15) is 0 Å². The van der Waals surface area contributed by atoms with E-state index in [4.69, 9.17) is 14.2 Å². The van der Waals surface area contributed by atoms with Crippen molar-refractivity contribution < 1.29 is 28.7 Å². The van der Waals surface area contributed by atoms with Gasteiger partial charge in [0.05, 0.1) is 11.0 Å². The van der Waals surface area contributed by atoms with Crippen molar-refractivity contribution in [1.29, 1.82) is 0 Å². The molecule has 0 spiro atoms. The van der Waals surface area contributed by atoms with E-state index in [-0.39, 0.29) is 29.8 Å². The Morgan fingerprint density at radius 1 is 1.17 bits per heavy atom. The van der Waals surface area contributed by atoms with Crippen LogP contribution in [0.25, 0.3) is 0 Å². The van der Waals surface area contributed by atoms with Crippen LogP contribution in [0.4, 0.5) is 5.69 Å². The van der Waals surface area contributed by atoms with E-state index >= 15 is 0 Å². The van der Waals surface area contributed by atoms with Gasteiger partial charge < -0.3 is 19.1 Å². The third-order valence-corrected chi connectivity index (χ3v) is 4.98. The van der Waals surface area contributed by atoms with Gasteiger partial charge in [0.1, 0.15) is 5.56 Å². The summed E-state index contributed by atoms with van der Waals surface area (Å²) in [7, 11) is 0. The highest BCUT2D eigenvalue weighted by molar-refractivity contribution is 5.96. The van der Waals surface area contributed by atoms with E-state index < -0.39 is 22.7 Å². The van der Waals surface area contributed by atoms with Crippen LogP contribution in [0.2, 0.25) is 0 Å². The van der Waals surface area contributed by atoms with Crippen molar-refractivity contribution in [3.05, 3.63) is 63.2 Å². The quantitative estimate of drug-likeness (QED) is 0.442. The number of benzene rings is 2. The van der Waals surface area contributed by atoms with E-state index in [1.807, 2.05) is 24.3 Å². The van der Waals surface area contributed by atoms with Gasteiger partial charge in [0.25, 0.3) is 11.6 Å². The summed E-state index contributed by atoms with van der Waals surface area (Å²) in [5.41, 5.74) is 1.49. The third-order valence-electron chi connectivity index (χ3n) is 4.98. The molecule has 2 aromatic carbocycles. The maximum atomic E-state index is 12.8. The molecule has 2 aliphatic heterocycles. The van der Waals surface area contributed by atoms with Crippen molar-refractivity contribution in [2.24, 2.45) is 0 Å². The van der Waals surface area contributed by atoms with Crippen molar-refractivity contribution >= 4 is 17.6 Å². The lowest BCUT2D eigenvalue weighted by molar-refractivity contribution is -0.385. The molecule has 1 atom stereocenters. The maximum Gasteiger partial charge on any atom is 0.346 e. The zero-order valence-corrected chi connectivity index (χ0v) is 15.6. The summed E-state index contributed by atoms with van der Waals surface area (Å²) < 4.78 is 15.5. The molecule has 0 N–H and O–H groups in total. The van der Waals surface area contributed by atoms with Gasteiger partial charge in [0.2, 0.25) is 6.79 Å². The number of ether oxygens (including phenoxy) is 3.